The summed E-state index contributed by atoms with van der Waals surface area (Å²) in [6, 6.07) is 7.34. The van der Waals surface area contributed by atoms with Gasteiger partial charge in [0.1, 0.15) is 12.4 Å². The molecule has 1 aromatic carbocycles. The average Bonchev–Trinajstić information content (AvgIpc) is 2.52. The van der Waals surface area contributed by atoms with E-state index in [1.165, 1.54) is 0 Å². The van der Waals surface area contributed by atoms with Crippen LogP contribution in [0.5, 0.6) is 5.75 Å². The largest absolute Gasteiger partial charge is 0.492 e. The third-order valence-electron chi connectivity index (χ3n) is 2.99. The summed E-state index contributed by atoms with van der Waals surface area (Å²) in [7, 11) is 0. The van der Waals surface area contributed by atoms with Gasteiger partial charge in [-0.15, -0.1) is 0 Å². The molecule has 0 amide bonds. The average molecular weight is 325 g/mol. The summed E-state index contributed by atoms with van der Waals surface area (Å²) in [6.45, 7) is 9.48. The zero-order valence-electron chi connectivity index (χ0n) is 13.6. The van der Waals surface area contributed by atoms with Gasteiger partial charge >= 0.3 is 11.9 Å². The van der Waals surface area contributed by atoms with E-state index in [9.17, 15) is 4.79 Å². The van der Waals surface area contributed by atoms with Crippen LogP contribution in [0, 0.1) is 0 Å². The Balaban J connectivity index is 0.000000688. The standard InChI is InChI=1S/C14H21NO2.C2H2O4/c1-4-15(5-2)9-10-17-14-8-6-7-13(11-14)12(3)16;3-1(4)2(5)6/h6-8,11H,4-5,9-10H2,1-3H3;(H,3,4)(H,5,6). The number of hydrogen-bond donors (Lipinski definition) is 2. The lowest BCUT2D eigenvalue weighted by molar-refractivity contribution is -0.159. The van der Waals surface area contributed by atoms with Crippen molar-refractivity contribution in [2.24, 2.45) is 0 Å². The van der Waals surface area contributed by atoms with Crippen molar-refractivity contribution in [2.45, 2.75) is 20.8 Å². The number of Topliss-reactive ketones (excluding diaryl/α,β-unsaturated/α-hetero) is 1. The highest BCUT2D eigenvalue weighted by atomic mass is 16.5. The molecule has 0 aliphatic heterocycles. The Morgan fingerprint density at radius 3 is 2.09 bits per heavy atom. The number of carboxylic acids is 2. The van der Waals surface area contributed by atoms with Gasteiger partial charge in [0.2, 0.25) is 0 Å². The van der Waals surface area contributed by atoms with E-state index in [4.69, 9.17) is 24.5 Å². The number of likely N-dealkylation sites (N-methyl/N-ethyl adjacent to an activating group) is 1. The van der Waals surface area contributed by atoms with Crippen LogP contribution in [0.3, 0.4) is 0 Å². The maximum atomic E-state index is 11.2. The number of ketones is 1. The molecule has 0 aromatic heterocycles. The maximum absolute atomic E-state index is 11.2. The molecule has 2 N–H and O–H groups in total. The molecule has 7 nitrogen and oxygen atoms in total. The van der Waals surface area contributed by atoms with Crippen LogP contribution >= 0.6 is 0 Å². The zero-order chi connectivity index (χ0) is 17.8. The Labute approximate surface area is 135 Å². The second kappa shape index (κ2) is 11.2. The minimum absolute atomic E-state index is 0.0687. The molecule has 0 aliphatic rings. The van der Waals surface area contributed by atoms with Crippen LogP contribution in [-0.4, -0.2) is 59.1 Å². The first-order chi connectivity index (χ1) is 10.8. The van der Waals surface area contributed by atoms with E-state index in [0.29, 0.717) is 12.2 Å². The molecule has 0 unspecified atom stereocenters. The SMILES string of the molecule is CCN(CC)CCOc1cccc(C(C)=O)c1.O=C(O)C(=O)O. The lowest BCUT2D eigenvalue weighted by Gasteiger charge is -2.18. The van der Waals surface area contributed by atoms with Gasteiger partial charge in [-0.05, 0) is 32.1 Å². The Morgan fingerprint density at radius 2 is 1.65 bits per heavy atom. The van der Waals surface area contributed by atoms with Gasteiger partial charge in [0.05, 0.1) is 0 Å². The number of ether oxygens (including phenoxy) is 1. The van der Waals surface area contributed by atoms with Gasteiger partial charge in [-0.2, -0.15) is 0 Å². The Bertz CT molecular complexity index is 513. The van der Waals surface area contributed by atoms with E-state index in [1.807, 2.05) is 12.1 Å². The van der Waals surface area contributed by atoms with E-state index < -0.39 is 11.9 Å². The molecule has 1 rings (SSSR count). The quantitative estimate of drug-likeness (QED) is 0.581. The number of benzene rings is 1. The predicted octanol–water partition coefficient (Wildman–Crippen LogP) is 1.77. The molecule has 0 heterocycles. The number of carbonyl (C=O) groups is 3. The summed E-state index contributed by atoms with van der Waals surface area (Å²) in [5.74, 6) is -2.81. The Morgan fingerprint density at radius 1 is 1.09 bits per heavy atom. The van der Waals surface area contributed by atoms with Crippen molar-refractivity contribution in [1.29, 1.82) is 0 Å². The van der Waals surface area contributed by atoms with Crippen molar-refractivity contribution in [3.63, 3.8) is 0 Å². The number of carboxylic acid groups (broad SMARTS) is 2. The molecule has 0 saturated carbocycles. The van der Waals surface area contributed by atoms with Gasteiger partial charge in [-0.25, -0.2) is 9.59 Å². The van der Waals surface area contributed by atoms with Crippen LogP contribution < -0.4 is 4.74 Å². The van der Waals surface area contributed by atoms with E-state index >= 15 is 0 Å². The normalized spacial score (nSPS) is 9.74. The molecule has 0 bridgehead atoms. The minimum Gasteiger partial charge on any atom is -0.492 e. The number of carbonyl (C=O) groups excluding carboxylic acids is 1. The summed E-state index contributed by atoms with van der Waals surface area (Å²) in [4.78, 5) is 31.7. The third-order valence-corrected chi connectivity index (χ3v) is 2.99. The first-order valence-electron chi connectivity index (χ1n) is 7.24. The van der Waals surface area contributed by atoms with Crippen molar-refractivity contribution < 1.29 is 29.3 Å². The maximum Gasteiger partial charge on any atom is 0.414 e. The molecule has 23 heavy (non-hydrogen) atoms. The molecular weight excluding hydrogens is 302 g/mol. The second-order valence-electron chi connectivity index (χ2n) is 4.57. The van der Waals surface area contributed by atoms with Crippen molar-refractivity contribution in [3.8, 4) is 5.75 Å². The van der Waals surface area contributed by atoms with Crippen molar-refractivity contribution in [3.05, 3.63) is 29.8 Å². The molecular formula is C16H23NO6. The molecule has 0 saturated heterocycles. The zero-order valence-corrected chi connectivity index (χ0v) is 13.6. The van der Waals surface area contributed by atoms with Crippen LogP contribution in [0.4, 0.5) is 0 Å². The molecule has 7 heteroatoms. The molecule has 0 radical (unpaired) electrons. The first kappa shape index (κ1) is 20.6. The second-order valence-corrected chi connectivity index (χ2v) is 4.57. The number of aliphatic carboxylic acids is 2. The highest BCUT2D eigenvalue weighted by Crippen LogP contribution is 2.13. The minimum atomic E-state index is -1.82. The third kappa shape index (κ3) is 9.26. The smallest absolute Gasteiger partial charge is 0.414 e. The van der Waals surface area contributed by atoms with Gasteiger partial charge < -0.3 is 19.8 Å². The van der Waals surface area contributed by atoms with Crippen LogP contribution in [-0.2, 0) is 9.59 Å². The van der Waals surface area contributed by atoms with Gasteiger partial charge in [0.15, 0.2) is 5.78 Å². The summed E-state index contributed by atoms with van der Waals surface area (Å²) >= 11 is 0. The van der Waals surface area contributed by atoms with E-state index in [1.54, 1.807) is 19.1 Å². The van der Waals surface area contributed by atoms with Crippen LogP contribution in [0.2, 0.25) is 0 Å². The summed E-state index contributed by atoms with van der Waals surface area (Å²) < 4.78 is 5.64. The fraction of sp³-hybridized carbons (Fsp3) is 0.438. The molecule has 128 valence electrons. The Hall–Kier alpha value is -2.41. The molecule has 1 aromatic rings. The lowest BCUT2D eigenvalue weighted by atomic mass is 10.1. The first-order valence-corrected chi connectivity index (χ1v) is 7.24. The molecule has 0 spiro atoms. The molecule has 0 aliphatic carbocycles. The van der Waals surface area contributed by atoms with Gasteiger partial charge in [-0.3, -0.25) is 4.79 Å². The highest BCUT2D eigenvalue weighted by molar-refractivity contribution is 6.27. The summed E-state index contributed by atoms with van der Waals surface area (Å²) in [6.07, 6.45) is 0. The van der Waals surface area contributed by atoms with E-state index in [0.717, 1.165) is 25.4 Å². The van der Waals surface area contributed by atoms with Crippen LogP contribution in [0.15, 0.2) is 24.3 Å². The lowest BCUT2D eigenvalue weighted by Crippen LogP contribution is -2.27. The Kier molecular flexibility index (Phi) is 10.0. The highest BCUT2D eigenvalue weighted by Gasteiger charge is 2.04. The molecule has 0 fully saturated rings. The van der Waals surface area contributed by atoms with Gasteiger partial charge in [0, 0.05) is 12.1 Å². The van der Waals surface area contributed by atoms with Crippen molar-refractivity contribution in [2.75, 3.05) is 26.2 Å². The molecule has 0 atom stereocenters. The van der Waals surface area contributed by atoms with Crippen LogP contribution in [0.25, 0.3) is 0 Å². The predicted molar refractivity (Wildman–Crippen MR) is 85.0 cm³/mol. The summed E-state index contributed by atoms with van der Waals surface area (Å²) in [5.41, 5.74) is 0.699. The topological polar surface area (TPSA) is 104 Å². The van der Waals surface area contributed by atoms with Crippen LogP contribution in [0.1, 0.15) is 31.1 Å². The fourth-order valence-corrected chi connectivity index (χ4v) is 1.64. The number of hydrogen-bond acceptors (Lipinski definition) is 5. The van der Waals surface area contributed by atoms with E-state index in [-0.39, 0.29) is 5.78 Å². The fourth-order valence-electron chi connectivity index (χ4n) is 1.64. The van der Waals surface area contributed by atoms with E-state index in [2.05, 4.69) is 18.7 Å². The van der Waals surface area contributed by atoms with Crippen molar-refractivity contribution in [1.82, 2.24) is 4.90 Å². The van der Waals surface area contributed by atoms with Crippen molar-refractivity contribution >= 4 is 17.7 Å². The summed E-state index contributed by atoms with van der Waals surface area (Å²) in [5, 5.41) is 14.8. The van der Waals surface area contributed by atoms with Gasteiger partial charge in [-0.1, -0.05) is 26.0 Å². The van der Waals surface area contributed by atoms with Gasteiger partial charge in [0.25, 0.3) is 0 Å². The monoisotopic (exact) mass is 325 g/mol. The number of nitrogens with zero attached hydrogens (tertiary/aromatic N) is 1. The number of rotatable bonds is 7.